The Morgan fingerprint density at radius 3 is 2.65 bits per heavy atom. The lowest BCUT2D eigenvalue weighted by Gasteiger charge is -2.18. The van der Waals surface area contributed by atoms with Crippen LogP contribution in [0.3, 0.4) is 0 Å². The van der Waals surface area contributed by atoms with E-state index < -0.39 is 0 Å². The second kappa shape index (κ2) is 6.71. The molecule has 0 spiro atoms. The Labute approximate surface area is 107 Å². The van der Waals surface area contributed by atoms with Gasteiger partial charge in [-0.05, 0) is 19.8 Å². The minimum Gasteiger partial charge on any atom is -0.352 e. The van der Waals surface area contributed by atoms with Crippen molar-refractivity contribution in [2.75, 3.05) is 6.54 Å². The molecule has 1 amide bonds. The van der Waals surface area contributed by atoms with Crippen LogP contribution in [0.5, 0.6) is 0 Å². The Morgan fingerprint density at radius 2 is 2.12 bits per heavy atom. The molecule has 1 rings (SSSR count). The van der Waals surface area contributed by atoms with E-state index in [0.29, 0.717) is 12.5 Å². The Balaban J connectivity index is 2.29. The van der Waals surface area contributed by atoms with Gasteiger partial charge in [-0.25, -0.2) is 4.98 Å². The second-order valence-corrected chi connectivity index (χ2v) is 5.50. The molecular weight excluding hydrogens is 234 g/mol. The van der Waals surface area contributed by atoms with Crippen molar-refractivity contribution in [2.45, 2.75) is 39.8 Å². The summed E-state index contributed by atoms with van der Waals surface area (Å²) in [5.74, 6) is 0.491. The lowest BCUT2D eigenvalue weighted by atomic mass is 10.1. The van der Waals surface area contributed by atoms with Gasteiger partial charge >= 0.3 is 0 Å². The number of rotatable bonds is 6. The topological polar surface area (TPSA) is 54.0 Å². The number of carbonyl (C=O) groups is 1. The Bertz CT molecular complexity index is 338. The van der Waals surface area contributed by atoms with Gasteiger partial charge < -0.3 is 5.32 Å². The van der Waals surface area contributed by atoms with E-state index >= 15 is 0 Å². The highest BCUT2D eigenvalue weighted by Crippen LogP contribution is 2.13. The number of hydrogen-bond acceptors (Lipinski definition) is 4. The number of carbonyl (C=O) groups excluding carboxylic acids is 1. The molecule has 1 heterocycles. The van der Waals surface area contributed by atoms with Crippen LogP contribution in [-0.2, 0) is 4.79 Å². The number of amides is 1. The lowest BCUT2D eigenvalue weighted by Crippen LogP contribution is -2.41. The van der Waals surface area contributed by atoms with E-state index in [9.17, 15) is 4.79 Å². The third-order valence-electron chi connectivity index (χ3n) is 2.78. The van der Waals surface area contributed by atoms with Gasteiger partial charge in [-0.3, -0.25) is 10.1 Å². The lowest BCUT2D eigenvalue weighted by molar-refractivity contribution is -0.121. The first-order valence-corrected chi connectivity index (χ1v) is 6.80. The average molecular weight is 255 g/mol. The molecule has 96 valence electrons. The van der Waals surface area contributed by atoms with Crippen molar-refractivity contribution in [3.8, 4) is 0 Å². The summed E-state index contributed by atoms with van der Waals surface area (Å²) in [6.07, 6.45) is 1.78. The molecule has 0 saturated heterocycles. The van der Waals surface area contributed by atoms with Crippen LogP contribution in [0.15, 0.2) is 11.6 Å². The number of aromatic nitrogens is 1. The molecule has 0 radical (unpaired) electrons. The zero-order chi connectivity index (χ0) is 12.8. The standard InChI is InChI=1S/C12H21N3OS/c1-8(2)9(3)15-11(16)7-14-10(4)12-13-5-6-17-12/h5-6,8-10,14H,7H2,1-4H3,(H,15,16). The van der Waals surface area contributed by atoms with Crippen molar-refractivity contribution >= 4 is 17.2 Å². The van der Waals surface area contributed by atoms with E-state index in [2.05, 4.69) is 29.5 Å². The minimum absolute atomic E-state index is 0.0367. The van der Waals surface area contributed by atoms with Crippen LogP contribution >= 0.6 is 11.3 Å². The second-order valence-electron chi connectivity index (χ2n) is 4.57. The van der Waals surface area contributed by atoms with Crippen molar-refractivity contribution in [1.29, 1.82) is 0 Å². The van der Waals surface area contributed by atoms with E-state index in [1.807, 2.05) is 19.2 Å². The third kappa shape index (κ3) is 4.83. The van der Waals surface area contributed by atoms with E-state index in [-0.39, 0.29) is 18.0 Å². The molecular formula is C12H21N3OS. The van der Waals surface area contributed by atoms with Crippen molar-refractivity contribution < 1.29 is 4.79 Å². The third-order valence-corrected chi connectivity index (χ3v) is 3.74. The molecule has 0 aromatic carbocycles. The summed E-state index contributed by atoms with van der Waals surface area (Å²) in [4.78, 5) is 15.8. The summed E-state index contributed by atoms with van der Waals surface area (Å²) in [7, 11) is 0. The van der Waals surface area contributed by atoms with Crippen LogP contribution < -0.4 is 10.6 Å². The number of nitrogens with zero attached hydrogens (tertiary/aromatic N) is 1. The van der Waals surface area contributed by atoms with Crippen LogP contribution in [0.2, 0.25) is 0 Å². The van der Waals surface area contributed by atoms with Gasteiger partial charge in [-0.15, -0.1) is 11.3 Å². The maximum Gasteiger partial charge on any atom is 0.234 e. The monoisotopic (exact) mass is 255 g/mol. The molecule has 2 unspecified atom stereocenters. The van der Waals surface area contributed by atoms with Crippen LogP contribution in [0, 0.1) is 5.92 Å². The normalized spacial score (nSPS) is 14.6. The van der Waals surface area contributed by atoms with Gasteiger partial charge in [0, 0.05) is 17.6 Å². The number of nitrogens with one attached hydrogen (secondary N) is 2. The fourth-order valence-corrected chi connectivity index (χ4v) is 1.92. The largest absolute Gasteiger partial charge is 0.352 e. The molecule has 2 atom stereocenters. The SMILES string of the molecule is CC(NCC(=O)NC(C)C(C)C)c1nccs1. The van der Waals surface area contributed by atoms with Crippen molar-refractivity contribution in [1.82, 2.24) is 15.6 Å². The molecule has 0 aliphatic rings. The maximum atomic E-state index is 11.6. The molecule has 0 bridgehead atoms. The van der Waals surface area contributed by atoms with E-state index in [1.54, 1.807) is 17.5 Å². The minimum atomic E-state index is 0.0367. The summed E-state index contributed by atoms with van der Waals surface area (Å²) in [5.41, 5.74) is 0. The van der Waals surface area contributed by atoms with Crippen molar-refractivity contribution in [3.05, 3.63) is 16.6 Å². The quantitative estimate of drug-likeness (QED) is 0.817. The predicted molar refractivity (Wildman–Crippen MR) is 71.0 cm³/mol. The zero-order valence-corrected chi connectivity index (χ0v) is 11.7. The Morgan fingerprint density at radius 1 is 1.41 bits per heavy atom. The van der Waals surface area contributed by atoms with E-state index in [0.717, 1.165) is 5.01 Å². The molecule has 1 aromatic rings. The average Bonchev–Trinajstić information content (AvgIpc) is 2.79. The van der Waals surface area contributed by atoms with E-state index in [4.69, 9.17) is 0 Å². The highest BCUT2D eigenvalue weighted by atomic mass is 32.1. The van der Waals surface area contributed by atoms with Gasteiger partial charge in [-0.2, -0.15) is 0 Å². The first kappa shape index (κ1) is 14.1. The fraction of sp³-hybridized carbons (Fsp3) is 0.667. The first-order chi connectivity index (χ1) is 8.00. The summed E-state index contributed by atoms with van der Waals surface area (Å²) in [6, 6.07) is 0.328. The van der Waals surface area contributed by atoms with Crippen molar-refractivity contribution in [3.63, 3.8) is 0 Å². The summed E-state index contributed by atoms with van der Waals surface area (Å²) >= 11 is 1.60. The van der Waals surface area contributed by atoms with E-state index in [1.165, 1.54) is 0 Å². The van der Waals surface area contributed by atoms with Gasteiger partial charge in [-0.1, -0.05) is 13.8 Å². The van der Waals surface area contributed by atoms with Crippen LogP contribution in [-0.4, -0.2) is 23.5 Å². The molecule has 0 aliphatic carbocycles. The van der Waals surface area contributed by atoms with Gasteiger partial charge in [0.1, 0.15) is 5.01 Å². The highest BCUT2D eigenvalue weighted by Gasteiger charge is 2.12. The molecule has 0 aliphatic heterocycles. The zero-order valence-electron chi connectivity index (χ0n) is 10.9. The number of thiazole rings is 1. The van der Waals surface area contributed by atoms with Crippen LogP contribution in [0.4, 0.5) is 0 Å². The summed E-state index contributed by atoms with van der Waals surface area (Å²) in [5, 5.41) is 9.07. The molecule has 0 saturated carbocycles. The molecule has 4 nitrogen and oxygen atoms in total. The molecule has 1 aromatic heterocycles. The highest BCUT2D eigenvalue weighted by molar-refractivity contribution is 7.09. The Hall–Kier alpha value is -0.940. The van der Waals surface area contributed by atoms with Crippen LogP contribution in [0.25, 0.3) is 0 Å². The predicted octanol–water partition coefficient (Wildman–Crippen LogP) is 1.95. The van der Waals surface area contributed by atoms with Gasteiger partial charge in [0.25, 0.3) is 0 Å². The Kier molecular flexibility index (Phi) is 5.58. The smallest absolute Gasteiger partial charge is 0.234 e. The summed E-state index contributed by atoms with van der Waals surface area (Å²) in [6.45, 7) is 8.55. The molecule has 0 fully saturated rings. The first-order valence-electron chi connectivity index (χ1n) is 5.92. The summed E-state index contributed by atoms with van der Waals surface area (Å²) < 4.78 is 0. The molecule has 5 heteroatoms. The fourth-order valence-electron chi connectivity index (χ4n) is 1.25. The number of hydrogen-bond donors (Lipinski definition) is 2. The van der Waals surface area contributed by atoms with Crippen molar-refractivity contribution in [2.24, 2.45) is 5.92 Å². The maximum absolute atomic E-state index is 11.6. The van der Waals surface area contributed by atoms with Gasteiger partial charge in [0.05, 0.1) is 12.6 Å². The van der Waals surface area contributed by atoms with Gasteiger partial charge in [0.2, 0.25) is 5.91 Å². The molecule has 17 heavy (non-hydrogen) atoms. The van der Waals surface area contributed by atoms with Crippen LogP contribution in [0.1, 0.15) is 38.7 Å². The molecule has 2 N–H and O–H groups in total. The van der Waals surface area contributed by atoms with Gasteiger partial charge in [0.15, 0.2) is 0 Å².